The summed E-state index contributed by atoms with van der Waals surface area (Å²) in [7, 11) is 1.78. The third-order valence-corrected chi connectivity index (χ3v) is 4.69. The van der Waals surface area contributed by atoms with Crippen LogP contribution in [0.2, 0.25) is 0 Å². The van der Waals surface area contributed by atoms with Crippen molar-refractivity contribution < 1.29 is 0 Å². The van der Waals surface area contributed by atoms with Crippen LogP contribution >= 0.6 is 22.7 Å². The van der Waals surface area contributed by atoms with Gasteiger partial charge < -0.3 is 10.6 Å². The number of rotatable bonds is 4. The topological polar surface area (TPSA) is 49.3 Å². The van der Waals surface area contributed by atoms with Gasteiger partial charge in [-0.1, -0.05) is 26.8 Å². The van der Waals surface area contributed by atoms with Crippen LogP contribution in [0.5, 0.6) is 0 Å². The average molecular weight is 323 g/mol. The highest BCUT2D eigenvalue weighted by atomic mass is 32.1. The second kappa shape index (κ2) is 7.04. The van der Waals surface area contributed by atoms with Crippen LogP contribution in [0, 0.1) is 0 Å². The highest BCUT2D eigenvalue weighted by molar-refractivity contribution is 7.10. The molecule has 0 aliphatic carbocycles. The van der Waals surface area contributed by atoms with E-state index in [0.29, 0.717) is 6.54 Å². The number of hydrogen-bond donors (Lipinski definition) is 2. The number of guanidine groups is 1. The lowest BCUT2D eigenvalue weighted by Gasteiger charge is -2.14. The van der Waals surface area contributed by atoms with Gasteiger partial charge in [0.1, 0.15) is 5.01 Å². The van der Waals surface area contributed by atoms with Crippen LogP contribution in [0.3, 0.4) is 0 Å². The molecular weight excluding hydrogens is 300 g/mol. The van der Waals surface area contributed by atoms with Crippen LogP contribution in [0.4, 0.5) is 0 Å². The summed E-state index contributed by atoms with van der Waals surface area (Å²) in [6, 6.07) is 4.17. The van der Waals surface area contributed by atoms with Gasteiger partial charge in [0.05, 0.1) is 18.8 Å². The summed E-state index contributed by atoms with van der Waals surface area (Å²) in [6.07, 6.45) is 0. The van der Waals surface area contributed by atoms with Crippen molar-refractivity contribution in [3.05, 3.63) is 38.5 Å². The van der Waals surface area contributed by atoms with E-state index >= 15 is 0 Å². The number of aliphatic imine (C=N–C) groups is 1. The number of nitrogens with zero attached hydrogens (tertiary/aromatic N) is 2. The van der Waals surface area contributed by atoms with Crippen LogP contribution < -0.4 is 10.6 Å². The molecule has 2 N–H and O–H groups in total. The Morgan fingerprint density at radius 3 is 2.57 bits per heavy atom. The van der Waals surface area contributed by atoms with Gasteiger partial charge in [-0.05, 0) is 11.4 Å². The molecule has 0 bridgehead atoms. The molecule has 0 aliphatic rings. The molecule has 2 rings (SSSR count). The van der Waals surface area contributed by atoms with Crippen molar-refractivity contribution in [2.75, 3.05) is 7.05 Å². The summed E-state index contributed by atoms with van der Waals surface area (Å²) >= 11 is 3.43. The monoisotopic (exact) mass is 322 g/mol. The summed E-state index contributed by atoms with van der Waals surface area (Å²) in [5, 5.41) is 11.9. The fourth-order valence-corrected chi connectivity index (χ4v) is 3.31. The Morgan fingerprint density at radius 2 is 2.00 bits per heavy atom. The first-order valence-corrected chi connectivity index (χ1v) is 8.67. The van der Waals surface area contributed by atoms with Gasteiger partial charge in [-0.15, -0.1) is 22.7 Å². The SMILES string of the molecule is CN=C(NCc1cccs1)NCc1nc(C(C)(C)C)cs1. The Morgan fingerprint density at radius 1 is 1.24 bits per heavy atom. The van der Waals surface area contributed by atoms with Crippen molar-refractivity contribution in [2.45, 2.75) is 39.3 Å². The Kier molecular flexibility index (Phi) is 5.36. The molecule has 0 fully saturated rings. The number of nitrogens with one attached hydrogen (secondary N) is 2. The van der Waals surface area contributed by atoms with Gasteiger partial charge in [-0.3, -0.25) is 4.99 Å². The Labute approximate surface area is 134 Å². The summed E-state index contributed by atoms with van der Waals surface area (Å²) in [4.78, 5) is 10.2. The Balaban J connectivity index is 1.84. The maximum absolute atomic E-state index is 4.67. The van der Waals surface area contributed by atoms with Gasteiger partial charge in [0.2, 0.25) is 0 Å². The lowest BCUT2D eigenvalue weighted by atomic mass is 9.93. The summed E-state index contributed by atoms with van der Waals surface area (Å²) in [5.41, 5.74) is 1.25. The van der Waals surface area contributed by atoms with Crippen LogP contribution in [-0.2, 0) is 18.5 Å². The number of thiazole rings is 1. The van der Waals surface area contributed by atoms with Crippen molar-refractivity contribution in [3.63, 3.8) is 0 Å². The molecule has 2 aromatic heterocycles. The van der Waals surface area contributed by atoms with Gasteiger partial charge in [0.25, 0.3) is 0 Å². The lowest BCUT2D eigenvalue weighted by molar-refractivity contribution is 0.570. The summed E-state index contributed by atoms with van der Waals surface area (Å²) in [5.74, 6) is 0.802. The molecule has 2 heterocycles. The Hall–Kier alpha value is -1.40. The van der Waals surface area contributed by atoms with Crippen LogP contribution in [0.25, 0.3) is 0 Å². The van der Waals surface area contributed by atoms with Gasteiger partial charge >= 0.3 is 0 Å². The molecule has 0 aromatic carbocycles. The zero-order valence-electron chi connectivity index (χ0n) is 12.9. The third kappa shape index (κ3) is 4.82. The molecule has 0 amide bonds. The van der Waals surface area contributed by atoms with Crippen LogP contribution in [-0.4, -0.2) is 18.0 Å². The van der Waals surface area contributed by atoms with Crippen molar-refractivity contribution in [1.29, 1.82) is 0 Å². The average Bonchev–Trinajstić information content (AvgIpc) is 3.09. The molecule has 21 heavy (non-hydrogen) atoms. The molecule has 0 saturated heterocycles. The minimum absolute atomic E-state index is 0.105. The predicted octanol–water partition coefficient (Wildman–Crippen LogP) is 3.37. The van der Waals surface area contributed by atoms with Gasteiger partial charge in [-0.25, -0.2) is 4.98 Å². The van der Waals surface area contributed by atoms with E-state index in [1.165, 1.54) is 4.88 Å². The fraction of sp³-hybridized carbons (Fsp3) is 0.467. The van der Waals surface area contributed by atoms with E-state index in [0.717, 1.165) is 23.2 Å². The third-order valence-electron chi connectivity index (χ3n) is 2.96. The van der Waals surface area contributed by atoms with Gasteiger partial charge in [0, 0.05) is 22.7 Å². The van der Waals surface area contributed by atoms with E-state index in [-0.39, 0.29) is 5.41 Å². The van der Waals surface area contributed by atoms with Gasteiger partial charge in [0.15, 0.2) is 5.96 Å². The molecule has 0 unspecified atom stereocenters. The number of hydrogen-bond acceptors (Lipinski definition) is 4. The second-order valence-corrected chi connectivity index (χ2v) is 7.71. The van der Waals surface area contributed by atoms with Crippen molar-refractivity contribution in [1.82, 2.24) is 15.6 Å². The van der Waals surface area contributed by atoms with Crippen molar-refractivity contribution in [2.24, 2.45) is 4.99 Å². The normalized spacial score (nSPS) is 12.5. The van der Waals surface area contributed by atoms with Crippen molar-refractivity contribution >= 4 is 28.6 Å². The molecular formula is C15H22N4S2. The maximum Gasteiger partial charge on any atom is 0.191 e. The first kappa shape index (κ1) is 16.0. The molecule has 6 heteroatoms. The van der Waals surface area contributed by atoms with E-state index in [1.807, 2.05) is 0 Å². The second-order valence-electron chi connectivity index (χ2n) is 5.74. The Bertz CT molecular complexity index is 579. The maximum atomic E-state index is 4.67. The van der Waals surface area contributed by atoms with Gasteiger partial charge in [-0.2, -0.15) is 0 Å². The molecule has 0 atom stereocenters. The highest BCUT2D eigenvalue weighted by Crippen LogP contribution is 2.23. The standard InChI is InChI=1S/C15H22N4S2/c1-15(2,3)12-10-21-13(19-12)9-18-14(16-4)17-8-11-6-5-7-20-11/h5-7,10H,8-9H2,1-4H3,(H2,16,17,18). The zero-order valence-corrected chi connectivity index (χ0v) is 14.6. The van der Waals surface area contributed by atoms with E-state index < -0.39 is 0 Å². The van der Waals surface area contributed by atoms with Crippen molar-refractivity contribution in [3.8, 4) is 0 Å². The minimum atomic E-state index is 0.105. The number of thiophene rings is 1. The summed E-state index contributed by atoms with van der Waals surface area (Å²) < 4.78 is 0. The molecule has 2 aromatic rings. The molecule has 114 valence electrons. The summed E-state index contributed by atoms with van der Waals surface area (Å²) in [6.45, 7) is 8.04. The fourth-order valence-electron chi connectivity index (χ4n) is 1.70. The van der Waals surface area contributed by atoms with Crippen LogP contribution in [0.15, 0.2) is 27.9 Å². The molecule has 0 spiro atoms. The zero-order chi connectivity index (χ0) is 15.3. The van der Waals surface area contributed by atoms with E-state index in [2.05, 4.69) is 64.3 Å². The molecule has 0 saturated carbocycles. The smallest absolute Gasteiger partial charge is 0.191 e. The predicted molar refractivity (Wildman–Crippen MR) is 92.2 cm³/mol. The largest absolute Gasteiger partial charge is 0.352 e. The first-order chi connectivity index (χ1) is 9.99. The van der Waals surface area contributed by atoms with E-state index in [9.17, 15) is 0 Å². The minimum Gasteiger partial charge on any atom is -0.352 e. The van der Waals surface area contributed by atoms with Crippen LogP contribution in [0.1, 0.15) is 36.3 Å². The lowest BCUT2D eigenvalue weighted by Crippen LogP contribution is -2.36. The molecule has 4 nitrogen and oxygen atoms in total. The van der Waals surface area contributed by atoms with E-state index in [4.69, 9.17) is 0 Å². The molecule has 0 radical (unpaired) electrons. The first-order valence-electron chi connectivity index (χ1n) is 6.91. The quantitative estimate of drug-likeness (QED) is 0.670. The molecule has 0 aliphatic heterocycles. The number of aromatic nitrogens is 1. The highest BCUT2D eigenvalue weighted by Gasteiger charge is 2.17. The van der Waals surface area contributed by atoms with E-state index in [1.54, 1.807) is 29.7 Å².